The number of carbonyl (C=O) groups is 4. The van der Waals surface area contributed by atoms with Crippen molar-refractivity contribution >= 4 is 40.9 Å². The Labute approximate surface area is 245 Å². The topological polar surface area (TPSA) is 145 Å². The predicted octanol–water partition coefficient (Wildman–Crippen LogP) is 2.14. The molecule has 2 aromatic carbocycles. The molecule has 0 saturated carbocycles. The van der Waals surface area contributed by atoms with Crippen molar-refractivity contribution in [2.24, 2.45) is 5.73 Å². The Morgan fingerprint density at radius 2 is 1.73 bits per heavy atom. The maximum absolute atomic E-state index is 13.6. The molecule has 0 unspecified atom stereocenters. The number of fused-ring (bicyclic) bond motifs is 1. The minimum atomic E-state index is -0.909. The van der Waals surface area contributed by atoms with E-state index < -0.39 is 30.0 Å². The molecule has 2 atom stereocenters. The van der Waals surface area contributed by atoms with Crippen molar-refractivity contribution in [3.63, 3.8) is 0 Å². The first kappa shape index (κ1) is 30.5. The number of aliphatic hydroxyl groups excluding tert-OH is 1. The highest BCUT2D eigenvalue weighted by Gasteiger charge is 2.36. The number of nitrogens with zero attached hydrogens (tertiary/aromatic N) is 2. The van der Waals surface area contributed by atoms with E-state index >= 15 is 0 Å². The fourth-order valence-electron chi connectivity index (χ4n) is 5.31. The molecule has 0 aliphatic carbocycles. The molecular weight excluding hydrogens is 546 g/mol. The van der Waals surface area contributed by atoms with Gasteiger partial charge in [0.2, 0.25) is 23.6 Å². The van der Waals surface area contributed by atoms with Gasteiger partial charge >= 0.3 is 0 Å². The lowest BCUT2D eigenvalue weighted by Crippen LogP contribution is -2.56. The third-order valence-corrected chi connectivity index (χ3v) is 8.18. The lowest BCUT2D eigenvalue weighted by atomic mass is 9.92. The predicted molar refractivity (Wildman–Crippen MR) is 156 cm³/mol. The molecular formula is C30H38ClN5O5. The van der Waals surface area contributed by atoms with Crippen molar-refractivity contribution in [1.29, 1.82) is 0 Å². The molecule has 2 aliphatic heterocycles. The molecule has 4 amide bonds. The minimum absolute atomic E-state index is 0.0279. The minimum Gasteiger partial charge on any atom is -0.393 e. The van der Waals surface area contributed by atoms with E-state index in [2.05, 4.69) is 10.6 Å². The number of carbonyl (C=O) groups excluding carboxylic acids is 4. The van der Waals surface area contributed by atoms with Crippen LogP contribution in [0.3, 0.4) is 0 Å². The number of nitrogens with one attached hydrogen (secondary N) is 2. The maximum Gasteiger partial charge on any atom is 0.246 e. The molecule has 0 radical (unpaired) electrons. The molecule has 2 aliphatic rings. The summed E-state index contributed by atoms with van der Waals surface area (Å²) in [5.74, 6) is -1.32. The number of aliphatic hydroxyl groups is 1. The molecule has 0 spiro atoms. The number of rotatable bonds is 9. The molecule has 11 heteroatoms. The third kappa shape index (κ3) is 7.84. The second-order valence-electron chi connectivity index (χ2n) is 10.7. The second-order valence-corrected chi connectivity index (χ2v) is 11.1. The number of anilines is 1. The van der Waals surface area contributed by atoms with Crippen LogP contribution < -0.4 is 16.4 Å². The van der Waals surface area contributed by atoms with Crippen molar-refractivity contribution in [1.82, 2.24) is 15.1 Å². The van der Waals surface area contributed by atoms with Crippen molar-refractivity contribution < 1.29 is 24.3 Å². The Kier molecular flexibility index (Phi) is 10.4. The van der Waals surface area contributed by atoms with Crippen molar-refractivity contribution in [2.75, 3.05) is 25.0 Å². The number of benzene rings is 2. The van der Waals surface area contributed by atoms with Crippen LogP contribution in [-0.2, 0) is 32.1 Å². The van der Waals surface area contributed by atoms with E-state index in [4.69, 9.17) is 17.3 Å². The number of nitrogens with two attached hydrogens (primary N) is 1. The smallest absolute Gasteiger partial charge is 0.246 e. The quantitative estimate of drug-likeness (QED) is 0.356. The highest BCUT2D eigenvalue weighted by molar-refractivity contribution is 6.31. The zero-order chi connectivity index (χ0) is 29.5. The van der Waals surface area contributed by atoms with E-state index in [0.29, 0.717) is 43.1 Å². The number of halogens is 1. The summed E-state index contributed by atoms with van der Waals surface area (Å²) in [6.45, 7) is 3.17. The van der Waals surface area contributed by atoms with Crippen LogP contribution in [0.2, 0.25) is 5.02 Å². The number of hydrogen-bond acceptors (Lipinski definition) is 6. The average Bonchev–Trinajstić information content (AvgIpc) is 2.97. The Hall–Kier alpha value is -3.47. The van der Waals surface area contributed by atoms with Gasteiger partial charge in [0.05, 0.1) is 6.10 Å². The van der Waals surface area contributed by atoms with Gasteiger partial charge in [-0.05, 0) is 67.6 Å². The van der Waals surface area contributed by atoms with Crippen LogP contribution in [0.15, 0.2) is 42.5 Å². The van der Waals surface area contributed by atoms with E-state index in [0.717, 1.165) is 16.7 Å². The molecule has 220 valence electrons. The Bertz CT molecular complexity index is 1280. The van der Waals surface area contributed by atoms with Crippen molar-refractivity contribution in [2.45, 2.75) is 70.2 Å². The van der Waals surface area contributed by atoms with Gasteiger partial charge in [-0.25, -0.2) is 0 Å². The van der Waals surface area contributed by atoms with Crippen LogP contribution in [0.5, 0.6) is 0 Å². The van der Waals surface area contributed by atoms with Crippen LogP contribution in [0.25, 0.3) is 0 Å². The monoisotopic (exact) mass is 583 g/mol. The van der Waals surface area contributed by atoms with Gasteiger partial charge in [0.15, 0.2) is 0 Å². The van der Waals surface area contributed by atoms with Gasteiger partial charge in [-0.1, -0.05) is 35.9 Å². The fourth-order valence-corrected chi connectivity index (χ4v) is 5.42. The van der Waals surface area contributed by atoms with Crippen LogP contribution in [0.4, 0.5) is 5.69 Å². The third-order valence-electron chi connectivity index (χ3n) is 7.76. The second kappa shape index (κ2) is 13.9. The Morgan fingerprint density at radius 1 is 1.05 bits per heavy atom. The van der Waals surface area contributed by atoms with Crippen molar-refractivity contribution in [3.8, 4) is 0 Å². The molecule has 2 aromatic rings. The molecule has 5 N–H and O–H groups in total. The number of amides is 4. The van der Waals surface area contributed by atoms with Gasteiger partial charge in [-0.15, -0.1) is 0 Å². The summed E-state index contributed by atoms with van der Waals surface area (Å²) in [5, 5.41) is 15.9. The zero-order valence-electron chi connectivity index (χ0n) is 23.3. The maximum atomic E-state index is 13.6. The summed E-state index contributed by atoms with van der Waals surface area (Å²) in [6.07, 6.45) is 1.15. The van der Waals surface area contributed by atoms with E-state index in [1.165, 1.54) is 4.90 Å². The van der Waals surface area contributed by atoms with Gasteiger partial charge in [-0.3, -0.25) is 19.2 Å². The summed E-state index contributed by atoms with van der Waals surface area (Å²) >= 11 is 6.10. The molecule has 1 fully saturated rings. The molecule has 0 aromatic heterocycles. The van der Waals surface area contributed by atoms with Gasteiger partial charge in [0.25, 0.3) is 0 Å². The summed E-state index contributed by atoms with van der Waals surface area (Å²) in [5.41, 5.74) is 9.01. The molecule has 41 heavy (non-hydrogen) atoms. The lowest BCUT2D eigenvalue weighted by molar-refractivity contribution is -0.144. The van der Waals surface area contributed by atoms with Crippen LogP contribution >= 0.6 is 11.6 Å². The van der Waals surface area contributed by atoms with E-state index in [9.17, 15) is 24.3 Å². The molecule has 10 nitrogen and oxygen atoms in total. The fraction of sp³-hybridized carbons (Fsp3) is 0.467. The van der Waals surface area contributed by atoms with Crippen LogP contribution in [0, 0.1) is 6.92 Å². The van der Waals surface area contributed by atoms with E-state index in [1.54, 1.807) is 23.1 Å². The Morgan fingerprint density at radius 3 is 2.41 bits per heavy atom. The first-order valence-electron chi connectivity index (χ1n) is 14.1. The van der Waals surface area contributed by atoms with E-state index in [-0.39, 0.29) is 44.2 Å². The van der Waals surface area contributed by atoms with Gasteiger partial charge < -0.3 is 31.3 Å². The first-order valence-corrected chi connectivity index (χ1v) is 14.4. The van der Waals surface area contributed by atoms with E-state index in [1.807, 2.05) is 31.2 Å². The van der Waals surface area contributed by atoms with Crippen LogP contribution in [-0.4, -0.2) is 76.4 Å². The molecule has 4 rings (SSSR count). The largest absolute Gasteiger partial charge is 0.393 e. The highest BCUT2D eigenvalue weighted by Crippen LogP contribution is 2.25. The lowest BCUT2D eigenvalue weighted by Gasteiger charge is -2.37. The number of likely N-dealkylation sites (tertiary alicyclic amines) is 1. The summed E-state index contributed by atoms with van der Waals surface area (Å²) in [7, 11) is 0. The number of piperidine rings is 1. The average molecular weight is 584 g/mol. The van der Waals surface area contributed by atoms with Crippen molar-refractivity contribution in [3.05, 3.63) is 64.2 Å². The molecule has 2 heterocycles. The molecule has 1 saturated heterocycles. The van der Waals surface area contributed by atoms with Crippen LogP contribution in [0.1, 0.15) is 48.8 Å². The first-order chi connectivity index (χ1) is 19.7. The SMILES string of the molecule is Cc1cc(NC(=O)[C@H](CCN)NC(=O)[C@@H]2Cc3ccccc3CN2C(=O)CCC(=O)N2CCC(O)CC2)ccc1Cl. The van der Waals surface area contributed by atoms with Gasteiger partial charge in [0.1, 0.15) is 12.1 Å². The zero-order valence-corrected chi connectivity index (χ0v) is 24.0. The Balaban J connectivity index is 1.45. The highest BCUT2D eigenvalue weighted by atomic mass is 35.5. The summed E-state index contributed by atoms with van der Waals surface area (Å²) in [4.78, 5) is 56.1. The number of aryl methyl sites for hydroxylation is 1. The van der Waals surface area contributed by atoms with Gasteiger partial charge in [-0.2, -0.15) is 0 Å². The summed E-state index contributed by atoms with van der Waals surface area (Å²) < 4.78 is 0. The standard InChI is InChI=1S/C30H38ClN5O5/c1-19-16-22(6-7-24(19)31)33-29(40)25(10-13-32)34-30(41)26-17-20-4-2-3-5-21(20)18-36(26)28(39)9-8-27(38)35-14-11-23(37)12-15-35/h2-7,16,23,25-26,37H,8-15,17-18,32H2,1H3,(H,33,40)(H,34,41)/t25-,26-/m0/s1. The molecule has 0 bridgehead atoms. The van der Waals surface area contributed by atoms with Gasteiger partial charge in [0, 0.05) is 49.6 Å². The summed E-state index contributed by atoms with van der Waals surface area (Å²) in [6, 6.07) is 11.0. The normalized spacial score (nSPS) is 17.9. The number of hydrogen-bond donors (Lipinski definition) is 4.